The molecule has 98 valence electrons. The van der Waals surface area contributed by atoms with Crippen LogP contribution in [0.25, 0.3) is 0 Å². The van der Waals surface area contributed by atoms with Crippen LogP contribution in [-0.4, -0.2) is 20.1 Å². The summed E-state index contributed by atoms with van der Waals surface area (Å²) >= 11 is 0. The number of hydrogen-bond acceptors (Lipinski definition) is 4. The van der Waals surface area contributed by atoms with Gasteiger partial charge < -0.3 is 10.1 Å². The topological polar surface area (TPSA) is 67.8 Å². The molecule has 18 heavy (non-hydrogen) atoms. The van der Waals surface area contributed by atoms with Crippen molar-refractivity contribution < 1.29 is 9.53 Å². The van der Waals surface area contributed by atoms with Gasteiger partial charge in [0.1, 0.15) is 0 Å². The van der Waals surface area contributed by atoms with E-state index in [0.29, 0.717) is 5.56 Å². The molecule has 0 saturated heterocycles. The van der Waals surface area contributed by atoms with E-state index in [2.05, 4.69) is 10.5 Å². The Morgan fingerprint density at radius 1 is 1.33 bits per heavy atom. The predicted molar refractivity (Wildman–Crippen MR) is 70.5 cm³/mol. The summed E-state index contributed by atoms with van der Waals surface area (Å²) in [7, 11) is 2.94. The molecule has 0 bridgehead atoms. The summed E-state index contributed by atoms with van der Waals surface area (Å²) in [4.78, 5) is 22.7. The maximum Gasteiger partial charge on any atom is 0.254 e. The number of hydrogen-bond donors (Lipinski definition) is 1. The summed E-state index contributed by atoms with van der Waals surface area (Å²) in [5.41, 5.74) is 1.14. The highest BCUT2D eigenvalue weighted by Crippen LogP contribution is 2.36. The van der Waals surface area contributed by atoms with Crippen LogP contribution in [0.4, 0.5) is 5.69 Å². The Morgan fingerprint density at radius 2 is 1.94 bits per heavy atom. The van der Waals surface area contributed by atoms with Crippen molar-refractivity contribution in [3.63, 3.8) is 0 Å². The van der Waals surface area contributed by atoms with Gasteiger partial charge in [0, 0.05) is 7.05 Å². The maximum atomic E-state index is 11.8. The maximum absolute atomic E-state index is 11.8. The molecule has 0 heterocycles. The lowest BCUT2D eigenvalue weighted by molar-refractivity contribution is 0.0960. The Hall–Kier alpha value is -1.91. The molecule has 0 unspecified atom stereocenters. The largest absolute Gasteiger partial charge is 0.494 e. The molecule has 0 saturated carbocycles. The summed E-state index contributed by atoms with van der Waals surface area (Å²) < 4.78 is 5.10. The Morgan fingerprint density at radius 3 is 2.33 bits per heavy atom. The number of methoxy groups -OCH3 is 1. The second-order valence-electron chi connectivity index (χ2n) is 5.00. The van der Waals surface area contributed by atoms with Crippen molar-refractivity contribution in [2.45, 2.75) is 26.2 Å². The van der Waals surface area contributed by atoms with Crippen LogP contribution in [0.5, 0.6) is 5.75 Å². The molecule has 1 rings (SSSR count). The predicted octanol–water partition coefficient (Wildman–Crippen LogP) is 2.75. The first-order valence-electron chi connectivity index (χ1n) is 5.63. The van der Waals surface area contributed by atoms with Gasteiger partial charge in [-0.05, 0) is 28.3 Å². The number of nitroso groups, excluding NO2 is 1. The lowest BCUT2D eigenvalue weighted by Gasteiger charge is -2.21. The van der Waals surface area contributed by atoms with Crippen molar-refractivity contribution in [2.75, 3.05) is 14.2 Å². The van der Waals surface area contributed by atoms with Gasteiger partial charge >= 0.3 is 0 Å². The van der Waals surface area contributed by atoms with Gasteiger partial charge in [-0.1, -0.05) is 20.8 Å². The second kappa shape index (κ2) is 5.16. The van der Waals surface area contributed by atoms with Crippen molar-refractivity contribution in [3.8, 4) is 5.75 Å². The molecular weight excluding hydrogens is 232 g/mol. The lowest BCUT2D eigenvalue weighted by atomic mass is 9.85. The van der Waals surface area contributed by atoms with E-state index >= 15 is 0 Å². The minimum absolute atomic E-state index is 0.142. The van der Waals surface area contributed by atoms with Gasteiger partial charge in [-0.15, -0.1) is 4.91 Å². The Balaban J connectivity index is 3.55. The zero-order chi connectivity index (χ0) is 13.9. The smallest absolute Gasteiger partial charge is 0.254 e. The van der Waals surface area contributed by atoms with Crippen LogP contribution in [0.3, 0.4) is 0 Å². The van der Waals surface area contributed by atoms with Crippen LogP contribution in [0.1, 0.15) is 36.7 Å². The van der Waals surface area contributed by atoms with Crippen molar-refractivity contribution in [1.82, 2.24) is 5.32 Å². The number of amides is 1. The molecule has 0 aromatic heterocycles. The number of nitrogens with zero attached hydrogens (tertiary/aromatic N) is 1. The third kappa shape index (κ3) is 2.67. The molecule has 0 radical (unpaired) electrons. The number of rotatable bonds is 3. The Bertz CT molecular complexity index is 476. The summed E-state index contributed by atoms with van der Waals surface area (Å²) in [6, 6.07) is 3.38. The van der Waals surface area contributed by atoms with Gasteiger partial charge in [-0.3, -0.25) is 4.79 Å². The molecule has 1 N–H and O–H groups in total. The van der Waals surface area contributed by atoms with Gasteiger partial charge in [-0.2, -0.15) is 0 Å². The van der Waals surface area contributed by atoms with Gasteiger partial charge in [-0.25, -0.2) is 0 Å². The molecule has 1 aromatic carbocycles. The lowest BCUT2D eigenvalue weighted by Crippen LogP contribution is -2.20. The fourth-order valence-corrected chi connectivity index (χ4v) is 1.63. The monoisotopic (exact) mass is 250 g/mol. The van der Waals surface area contributed by atoms with Crippen LogP contribution >= 0.6 is 0 Å². The van der Waals surface area contributed by atoms with Gasteiger partial charge in [0.2, 0.25) is 0 Å². The zero-order valence-electron chi connectivity index (χ0n) is 11.3. The number of ether oxygens (including phenoxy) is 1. The molecule has 0 atom stereocenters. The summed E-state index contributed by atoms with van der Waals surface area (Å²) in [6.07, 6.45) is 0. The van der Waals surface area contributed by atoms with Crippen LogP contribution in [0.2, 0.25) is 0 Å². The highest BCUT2D eigenvalue weighted by atomic mass is 16.5. The third-order valence-electron chi connectivity index (χ3n) is 2.71. The minimum Gasteiger partial charge on any atom is -0.494 e. The van der Waals surface area contributed by atoms with E-state index in [0.717, 1.165) is 5.56 Å². The molecule has 0 aliphatic rings. The third-order valence-corrected chi connectivity index (χ3v) is 2.71. The van der Waals surface area contributed by atoms with Gasteiger partial charge in [0.05, 0.1) is 12.7 Å². The molecular formula is C13H18N2O3. The minimum atomic E-state index is -0.303. The number of carbonyl (C=O) groups excluding carboxylic acids is 1. The fraction of sp³-hybridized carbons (Fsp3) is 0.462. The summed E-state index contributed by atoms with van der Waals surface area (Å²) in [6.45, 7) is 5.99. The van der Waals surface area contributed by atoms with Crippen molar-refractivity contribution >= 4 is 11.6 Å². The SMILES string of the molecule is CNC(=O)c1cc(C(C)(C)C)cc(N=O)c1OC. The first kappa shape index (κ1) is 14.2. The van der Waals surface area contributed by atoms with E-state index < -0.39 is 0 Å². The summed E-state index contributed by atoms with van der Waals surface area (Å²) in [5, 5.41) is 5.46. The second-order valence-corrected chi connectivity index (χ2v) is 5.00. The standard InChI is InChI=1S/C13H18N2O3/c1-13(2,3)8-6-9(12(16)14-4)11(18-5)10(7-8)15-17/h6-7H,1-5H3,(H,14,16). The van der Waals surface area contributed by atoms with Crippen molar-refractivity contribution in [1.29, 1.82) is 0 Å². The van der Waals surface area contributed by atoms with Crippen molar-refractivity contribution in [2.24, 2.45) is 5.18 Å². The Kier molecular flexibility index (Phi) is 4.06. The fourth-order valence-electron chi connectivity index (χ4n) is 1.63. The Labute approximate surface area is 107 Å². The normalized spacial score (nSPS) is 10.9. The zero-order valence-corrected chi connectivity index (χ0v) is 11.3. The van der Waals surface area contributed by atoms with E-state index in [1.165, 1.54) is 14.2 Å². The average molecular weight is 250 g/mol. The molecule has 1 aromatic rings. The van der Waals surface area contributed by atoms with Crippen molar-refractivity contribution in [3.05, 3.63) is 28.2 Å². The first-order valence-corrected chi connectivity index (χ1v) is 5.63. The highest BCUT2D eigenvalue weighted by molar-refractivity contribution is 5.98. The molecule has 0 fully saturated rings. The number of nitrogens with one attached hydrogen (secondary N) is 1. The first-order chi connectivity index (χ1) is 8.35. The van der Waals surface area contributed by atoms with E-state index in [1.807, 2.05) is 20.8 Å². The van der Waals surface area contributed by atoms with E-state index in [1.54, 1.807) is 12.1 Å². The van der Waals surface area contributed by atoms with Crippen LogP contribution in [0, 0.1) is 4.91 Å². The van der Waals surface area contributed by atoms with Gasteiger partial charge in [0.25, 0.3) is 5.91 Å². The van der Waals surface area contributed by atoms with E-state index in [-0.39, 0.29) is 22.8 Å². The highest BCUT2D eigenvalue weighted by Gasteiger charge is 2.22. The van der Waals surface area contributed by atoms with Gasteiger partial charge in [0.15, 0.2) is 11.4 Å². The molecule has 5 nitrogen and oxygen atoms in total. The number of benzene rings is 1. The number of carbonyl (C=O) groups is 1. The van der Waals surface area contributed by atoms with Crippen LogP contribution in [-0.2, 0) is 5.41 Å². The summed E-state index contributed by atoms with van der Waals surface area (Å²) in [5.74, 6) is -0.0970. The molecule has 0 aliphatic carbocycles. The van der Waals surface area contributed by atoms with E-state index in [4.69, 9.17) is 4.74 Å². The quantitative estimate of drug-likeness (QED) is 0.839. The molecule has 0 aliphatic heterocycles. The van der Waals surface area contributed by atoms with E-state index in [9.17, 15) is 9.70 Å². The molecule has 0 spiro atoms. The molecule has 5 heteroatoms. The average Bonchev–Trinajstić information content (AvgIpc) is 2.34. The van der Waals surface area contributed by atoms with Crippen LogP contribution in [0.15, 0.2) is 17.3 Å². The molecule has 1 amide bonds. The van der Waals surface area contributed by atoms with Crippen LogP contribution < -0.4 is 10.1 Å².